The van der Waals surface area contributed by atoms with E-state index in [0.29, 0.717) is 18.1 Å². The summed E-state index contributed by atoms with van der Waals surface area (Å²) in [5, 5.41) is 9.30. The van der Waals surface area contributed by atoms with Crippen molar-refractivity contribution in [2.75, 3.05) is 13.7 Å². The van der Waals surface area contributed by atoms with Crippen molar-refractivity contribution >= 4 is 11.6 Å². The van der Waals surface area contributed by atoms with Gasteiger partial charge in [-0.1, -0.05) is 24.3 Å². The highest BCUT2D eigenvalue weighted by Crippen LogP contribution is 2.30. The molecule has 3 nitrogen and oxygen atoms in total. The van der Waals surface area contributed by atoms with Crippen molar-refractivity contribution in [3.8, 4) is 17.6 Å². The quantitative estimate of drug-likeness (QED) is 0.610. The number of methoxy groups -OCH3 is 1. The predicted octanol–water partition coefficient (Wildman–Crippen LogP) is 4.30. The molecule has 2 rings (SSSR count). The first-order valence-corrected chi connectivity index (χ1v) is 6.87. The molecule has 0 bridgehead atoms. The van der Waals surface area contributed by atoms with Gasteiger partial charge in [-0.2, -0.15) is 5.26 Å². The number of benzene rings is 2. The van der Waals surface area contributed by atoms with E-state index in [4.69, 9.17) is 9.47 Å². The van der Waals surface area contributed by atoms with E-state index in [1.54, 1.807) is 49.6 Å². The van der Waals surface area contributed by atoms with Gasteiger partial charge in [0.25, 0.3) is 0 Å². The lowest BCUT2D eigenvalue weighted by molar-refractivity contribution is 0.311. The minimum atomic E-state index is -0.422. The molecule has 0 heterocycles. The minimum absolute atomic E-state index is 0.255. The third kappa shape index (κ3) is 3.44. The lowest BCUT2D eigenvalue weighted by atomic mass is 10.0. The Balaban J connectivity index is 2.45. The zero-order valence-electron chi connectivity index (χ0n) is 12.5. The van der Waals surface area contributed by atoms with Crippen LogP contribution in [0.25, 0.3) is 11.6 Å². The Bertz CT molecular complexity index is 732. The molecule has 22 heavy (non-hydrogen) atoms. The summed E-state index contributed by atoms with van der Waals surface area (Å²) in [7, 11) is 1.56. The van der Waals surface area contributed by atoms with E-state index < -0.39 is 5.82 Å². The molecule has 112 valence electrons. The van der Waals surface area contributed by atoms with Crippen molar-refractivity contribution in [1.82, 2.24) is 0 Å². The summed E-state index contributed by atoms with van der Waals surface area (Å²) in [5.74, 6) is 0.779. The van der Waals surface area contributed by atoms with Crippen LogP contribution < -0.4 is 9.47 Å². The fourth-order valence-corrected chi connectivity index (χ4v) is 2.07. The minimum Gasteiger partial charge on any atom is -0.493 e. The van der Waals surface area contributed by atoms with Crippen molar-refractivity contribution in [3.63, 3.8) is 0 Å². The number of halogens is 1. The van der Waals surface area contributed by atoms with Crippen LogP contribution in [0.5, 0.6) is 11.5 Å². The van der Waals surface area contributed by atoms with Crippen LogP contribution in [0, 0.1) is 17.1 Å². The maximum absolute atomic E-state index is 13.8. The van der Waals surface area contributed by atoms with Gasteiger partial charge < -0.3 is 9.47 Å². The van der Waals surface area contributed by atoms with Crippen LogP contribution in [-0.2, 0) is 0 Å². The van der Waals surface area contributed by atoms with Crippen LogP contribution in [0.2, 0.25) is 0 Å². The first-order valence-electron chi connectivity index (χ1n) is 6.87. The van der Waals surface area contributed by atoms with Gasteiger partial charge in [-0.05, 0) is 36.8 Å². The van der Waals surface area contributed by atoms with E-state index in [1.165, 1.54) is 6.07 Å². The predicted molar refractivity (Wildman–Crippen MR) is 84.0 cm³/mol. The molecule has 0 saturated heterocycles. The Labute approximate surface area is 129 Å². The van der Waals surface area contributed by atoms with E-state index in [1.807, 2.05) is 13.0 Å². The monoisotopic (exact) mass is 297 g/mol. The molecule has 2 aromatic rings. The third-order valence-corrected chi connectivity index (χ3v) is 3.08. The van der Waals surface area contributed by atoms with Crippen LogP contribution in [-0.4, -0.2) is 13.7 Å². The Morgan fingerprint density at radius 3 is 2.64 bits per heavy atom. The number of hydrogen-bond donors (Lipinski definition) is 0. The zero-order chi connectivity index (χ0) is 15.9. The Morgan fingerprint density at radius 2 is 2.00 bits per heavy atom. The molecule has 4 heteroatoms. The van der Waals surface area contributed by atoms with Crippen LogP contribution in [0.4, 0.5) is 4.39 Å². The van der Waals surface area contributed by atoms with E-state index >= 15 is 0 Å². The van der Waals surface area contributed by atoms with Crippen molar-refractivity contribution in [2.45, 2.75) is 6.92 Å². The molecule has 0 radical (unpaired) electrons. The van der Waals surface area contributed by atoms with Gasteiger partial charge in [0.1, 0.15) is 5.82 Å². The average Bonchev–Trinajstić information content (AvgIpc) is 2.54. The molecule has 0 aromatic heterocycles. The summed E-state index contributed by atoms with van der Waals surface area (Å²) in [6, 6.07) is 13.6. The SMILES string of the molecule is CCOc1cc(C=C(C#N)c2ccccc2F)ccc1OC. The molecule has 0 unspecified atom stereocenters. The Kier molecular flexibility index (Phi) is 5.16. The first kappa shape index (κ1) is 15.6. The largest absolute Gasteiger partial charge is 0.493 e. The Morgan fingerprint density at radius 1 is 1.23 bits per heavy atom. The standard InChI is InChI=1S/C18H16FNO2/c1-3-22-18-11-13(8-9-17(18)21-2)10-14(12-20)15-6-4-5-7-16(15)19/h4-11H,3H2,1-2H3. The summed E-state index contributed by atoms with van der Waals surface area (Å²) in [6.45, 7) is 2.38. The number of nitriles is 1. The lowest BCUT2D eigenvalue weighted by Gasteiger charge is -2.10. The van der Waals surface area contributed by atoms with Gasteiger partial charge in [0.15, 0.2) is 11.5 Å². The van der Waals surface area contributed by atoms with E-state index in [9.17, 15) is 9.65 Å². The van der Waals surface area contributed by atoms with E-state index in [0.717, 1.165) is 5.56 Å². The van der Waals surface area contributed by atoms with Gasteiger partial charge in [-0.25, -0.2) is 4.39 Å². The van der Waals surface area contributed by atoms with Gasteiger partial charge in [0, 0.05) is 5.56 Å². The van der Waals surface area contributed by atoms with Gasteiger partial charge >= 0.3 is 0 Å². The lowest BCUT2D eigenvalue weighted by Crippen LogP contribution is -1.95. The zero-order valence-corrected chi connectivity index (χ0v) is 12.5. The normalized spacial score (nSPS) is 10.9. The highest BCUT2D eigenvalue weighted by Gasteiger charge is 2.09. The molecule has 0 fully saturated rings. The first-order chi connectivity index (χ1) is 10.7. The van der Waals surface area contributed by atoms with Gasteiger partial charge in [0.05, 0.1) is 25.4 Å². The number of allylic oxidation sites excluding steroid dienone is 1. The molecule has 0 aliphatic rings. The van der Waals surface area contributed by atoms with Crippen LogP contribution in [0.3, 0.4) is 0 Å². The summed E-state index contributed by atoms with van der Waals surface area (Å²) in [4.78, 5) is 0. The van der Waals surface area contributed by atoms with Gasteiger partial charge in [-0.3, -0.25) is 0 Å². The molecule has 2 aromatic carbocycles. The van der Waals surface area contributed by atoms with Crippen molar-refractivity contribution in [3.05, 3.63) is 59.4 Å². The topological polar surface area (TPSA) is 42.2 Å². The van der Waals surface area contributed by atoms with Crippen LogP contribution in [0.1, 0.15) is 18.1 Å². The molecule has 0 aliphatic carbocycles. The van der Waals surface area contributed by atoms with Crippen molar-refractivity contribution in [1.29, 1.82) is 5.26 Å². The second-order valence-corrected chi connectivity index (χ2v) is 4.49. The molecule has 0 atom stereocenters. The van der Waals surface area contributed by atoms with Gasteiger partial charge in [-0.15, -0.1) is 0 Å². The molecule has 0 amide bonds. The summed E-state index contributed by atoms with van der Waals surface area (Å²) in [6.07, 6.45) is 1.63. The smallest absolute Gasteiger partial charge is 0.161 e. The maximum atomic E-state index is 13.8. The maximum Gasteiger partial charge on any atom is 0.161 e. The fourth-order valence-electron chi connectivity index (χ4n) is 2.07. The highest BCUT2D eigenvalue weighted by molar-refractivity contribution is 5.90. The molecular weight excluding hydrogens is 281 g/mol. The second-order valence-electron chi connectivity index (χ2n) is 4.49. The number of nitrogens with zero attached hydrogens (tertiary/aromatic N) is 1. The van der Waals surface area contributed by atoms with Crippen LogP contribution >= 0.6 is 0 Å². The van der Waals surface area contributed by atoms with E-state index in [-0.39, 0.29) is 11.1 Å². The third-order valence-electron chi connectivity index (χ3n) is 3.08. The molecular formula is C18H16FNO2. The number of hydrogen-bond acceptors (Lipinski definition) is 3. The molecule has 0 aliphatic heterocycles. The van der Waals surface area contributed by atoms with E-state index in [2.05, 4.69) is 0 Å². The second kappa shape index (κ2) is 7.28. The number of rotatable bonds is 5. The van der Waals surface area contributed by atoms with Crippen molar-refractivity contribution in [2.24, 2.45) is 0 Å². The molecule has 0 saturated carbocycles. The molecule has 0 N–H and O–H groups in total. The summed E-state index contributed by atoms with van der Waals surface area (Å²) >= 11 is 0. The fraction of sp³-hybridized carbons (Fsp3) is 0.167. The van der Waals surface area contributed by atoms with Gasteiger partial charge in [0.2, 0.25) is 0 Å². The molecule has 0 spiro atoms. The number of ether oxygens (including phenoxy) is 2. The van der Waals surface area contributed by atoms with Crippen molar-refractivity contribution < 1.29 is 13.9 Å². The Hall–Kier alpha value is -2.80. The summed E-state index contributed by atoms with van der Waals surface area (Å²) < 4.78 is 24.5. The average molecular weight is 297 g/mol. The van der Waals surface area contributed by atoms with Crippen LogP contribution in [0.15, 0.2) is 42.5 Å². The highest BCUT2D eigenvalue weighted by atomic mass is 19.1. The summed E-state index contributed by atoms with van der Waals surface area (Å²) in [5.41, 5.74) is 1.27.